The lowest BCUT2D eigenvalue weighted by molar-refractivity contribution is 0.630. The first-order valence-corrected chi connectivity index (χ1v) is 6.79. The van der Waals surface area contributed by atoms with Crippen molar-refractivity contribution in [1.82, 2.24) is 0 Å². The van der Waals surface area contributed by atoms with Gasteiger partial charge in [0.05, 0.1) is 0 Å². The first-order chi connectivity index (χ1) is 8.09. The lowest BCUT2D eigenvalue weighted by Gasteiger charge is -2.26. The van der Waals surface area contributed by atoms with Crippen LogP contribution in [0.15, 0.2) is 18.2 Å². The van der Waals surface area contributed by atoms with Gasteiger partial charge in [0.15, 0.2) is 0 Å². The Morgan fingerprint density at radius 3 is 1.44 bits per heavy atom. The van der Waals surface area contributed by atoms with E-state index in [0.717, 1.165) is 6.42 Å². The van der Waals surface area contributed by atoms with Crippen LogP contribution >= 0.6 is 0 Å². The zero-order chi connectivity index (χ0) is 14.0. The number of anilines is 2. The Morgan fingerprint density at radius 2 is 1.17 bits per heavy atom. The van der Waals surface area contributed by atoms with Crippen molar-refractivity contribution in [2.75, 3.05) is 10.6 Å². The van der Waals surface area contributed by atoms with E-state index in [9.17, 15) is 0 Å². The summed E-state index contributed by atoms with van der Waals surface area (Å²) in [5.41, 5.74) is 3.91. The van der Waals surface area contributed by atoms with Gasteiger partial charge >= 0.3 is 0 Å². The Hall–Kier alpha value is -1.18. The number of hydrogen-bond acceptors (Lipinski definition) is 2. The zero-order valence-corrected chi connectivity index (χ0v) is 12.9. The van der Waals surface area contributed by atoms with E-state index in [1.807, 2.05) is 0 Å². The number of rotatable bonds is 3. The molecule has 2 nitrogen and oxygen atoms in total. The van der Waals surface area contributed by atoms with Crippen molar-refractivity contribution in [2.45, 2.75) is 66.0 Å². The molecule has 2 heteroatoms. The summed E-state index contributed by atoms with van der Waals surface area (Å²) < 4.78 is 0. The van der Waals surface area contributed by atoms with Gasteiger partial charge in [-0.1, -0.05) is 6.92 Å². The van der Waals surface area contributed by atoms with Gasteiger partial charge in [-0.2, -0.15) is 0 Å². The number of nitrogens with one attached hydrogen (secondary N) is 2. The van der Waals surface area contributed by atoms with Gasteiger partial charge in [0.2, 0.25) is 0 Å². The van der Waals surface area contributed by atoms with E-state index >= 15 is 0 Å². The minimum Gasteiger partial charge on any atom is -0.380 e. The van der Waals surface area contributed by atoms with Gasteiger partial charge < -0.3 is 10.6 Å². The fourth-order valence-corrected chi connectivity index (χ4v) is 1.91. The molecule has 1 aromatic carbocycles. The Balaban J connectivity index is 3.02. The average Bonchev–Trinajstić information content (AvgIpc) is 2.11. The van der Waals surface area contributed by atoms with Crippen molar-refractivity contribution < 1.29 is 0 Å². The molecule has 0 unspecified atom stereocenters. The molecule has 0 heterocycles. The molecule has 102 valence electrons. The number of benzene rings is 1. The van der Waals surface area contributed by atoms with Gasteiger partial charge in [0.25, 0.3) is 0 Å². The lowest BCUT2D eigenvalue weighted by Crippen LogP contribution is -2.27. The Labute approximate surface area is 112 Å². The predicted octanol–water partition coefficient (Wildman–Crippen LogP) is 4.67. The summed E-state index contributed by atoms with van der Waals surface area (Å²) in [4.78, 5) is 0. The summed E-state index contributed by atoms with van der Waals surface area (Å²) in [6.45, 7) is 15.3. The smallest absolute Gasteiger partial charge is 0.0367 e. The van der Waals surface area contributed by atoms with Gasteiger partial charge in [0.1, 0.15) is 0 Å². The summed E-state index contributed by atoms with van der Waals surface area (Å²) in [6, 6.07) is 6.66. The summed E-state index contributed by atoms with van der Waals surface area (Å²) in [5.74, 6) is 0. The van der Waals surface area contributed by atoms with E-state index in [1.165, 1.54) is 16.9 Å². The molecule has 2 N–H and O–H groups in total. The quantitative estimate of drug-likeness (QED) is 0.812. The van der Waals surface area contributed by atoms with E-state index in [4.69, 9.17) is 0 Å². The van der Waals surface area contributed by atoms with Crippen LogP contribution in [0, 0.1) is 0 Å². The second-order valence-corrected chi connectivity index (χ2v) is 7.02. The van der Waals surface area contributed by atoms with Crippen molar-refractivity contribution in [1.29, 1.82) is 0 Å². The molecular weight excluding hydrogens is 220 g/mol. The van der Waals surface area contributed by atoms with Crippen LogP contribution in [0.25, 0.3) is 0 Å². The third-order valence-electron chi connectivity index (χ3n) is 2.44. The highest BCUT2D eigenvalue weighted by Gasteiger charge is 2.13. The topological polar surface area (TPSA) is 24.1 Å². The van der Waals surface area contributed by atoms with Crippen LogP contribution < -0.4 is 10.6 Å². The maximum Gasteiger partial charge on any atom is 0.0367 e. The first kappa shape index (κ1) is 14.9. The highest BCUT2D eigenvalue weighted by atomic mass is 15.0. The van der Waals surface area contributed by atoms with Gasteiger partial charge in [-0.15, -0.1) is 0 Å². The fourth-order valence-electron chi connectivity index (χ4n) is 1.91. The highest BCUT2D eigenvalue weighted by molar-refractivity contribution is 5.60. The van der Waals surface area contributed by atoms with Gasteiger partial charge in [-0.05, 0) is 71.7 Å². The molecule has 0 aromatic heterocycles. The molecule has 1 rings (SSSR count). The maximum atomic E-state index is 3.54. The largest absolute Gasteiger partial charge is 0.380 e. The Morgan fingerprint density at radius 1 is 0.778 bits per heavy atom. The summed E-state index contributed by atoms with van der Waals surface area (Å²) in [6.07, 6.45) is 1.05. The summed E-state index contributed by atoms with van der Waals surface area (Å²) in [5, 5.41) is 7.08. The van der Waals surface area contributed by atoms with Crippen LogP contribution in [0.1, 0.15) is 54.0 Å². The van der Waals surface area contributed by atoms with Crippen molar-refractivity contribution >= 4 is 11.4 Å². The number of hydrogen-bond donors (Lipinski definition) is 2. The number of aryl methyl sites for hydroxylation is 1. The van der Waals surface area contributed by atoms with Gasteiger partial charge in [-0.25, -0.2) is 0 Å². The van der Waals surface area contributed by atoms with Crippen LogP contribution in [0.2, 0.25) is 0 Å². The molecule has 0 amide bonds. The Bertz CT molecular complexity index is 360. The Kier molecular flexibility index (Phi) is 4.31. The zero-order valence-electron chi connectivity index (χ0n) is 12.9. The van der Waals surface area contributed by atoms with E-state index in [1.54, 1.807) is 0 Å². The second-order valence-electron chi connectivity index (χ2n) is 7.02. The molecule has 0 bridgehead atoms. The van der Waals surface area contributed by atoms with Crippen LogP contribution in [-0.4, -0.2) is 11.1 Å². The van der Waals surface area contributed by atoms with Crippen LogP contribution in [-0.2, 0) is 6.42 Å². The fraction of sp³-hybridized carbons (Fsp3) is 0.625. The van der Waals surface area contributed by atoms with Gasteiger partial charge in [0, 0.05) is 22.5 Å². The van der Waals surface area contributed by atoms with Crippen molar-refractivity contribution in [3.63, 3.8) is 0 Å². The van der Waals surface area contributed by atoms with Crippen LogP contribution in [0.5, 0.6) is 0 Å². The molecule has 0 aliphatic rings. The molecule has 0 radical (unpaired) electrons. The minimum absolute atomic E-state index is 0.0887. The first-order valence-electron chi connectivity index (χ1n) is 6.79. The molecule has 0 aliphatic carbocycles. The molecule has 18 heavy (non-hydrogen) atoms. The lowest BCUT2D eigenvalue weighted by atomic mass is 10.0. The minimum atomic E-state index is 0.0887. The third kappa shape index (κ3) is 5.44. The molecule has 0 spiro atoms. The van der Waals surface area contributed by atoms with Gasteiger partial charge in [-0.3, -0.25) is 0 Å². The van der Waals surface area contributed by atoms with E-state index in [0.29, 0.717) is 0 Å². The molecule has 0 aliphatic heterocycles. The monoisotopic (exact) mass is 248 g/mol. The van der Waals surface area contributed by atoms with Crippen LogP contribution in [0.4, 0.5) is 11.4 Å². The molecular formula is C16H28N2. The standard InChI is InChI=1S/C16H28N2/c1-8-12-9-13(17-15(2,3)4)11-14(10-12)18-16(5,6)7/h9-11,17-18H,8H2,1-7H3. The van der Waals surface area contributed by atoms with E-state index in [2.05, 4.69) is 77.3 Å². The molecule has 0 saturated carbocycles. The molecule has 0 saturated heterocycles. The average molecular weight is 248 g/mol. The highest BCUT2D eigenvalue weighted by Crippen LogP contribution is 2.24. The van der Waals surface area contributed by atoms with Crippen LogP contribution in [0.3, 0.4) is 0 Å². The summed E-state index contributed by atoms with van der Waals surface area (Å²) >= 11 is 0. The summed E-state index contributed by atoms with van der Waals surface area (Å²) in [7, 11) is 0. The van der Waals surface area contributed by atoms with E-state index < -0.39 is 0 Å². The predicted molar refractivity (Wildman–Crippen MR) is 82.6 cm³/mol. The maximum absolute atomic E-state index is 3.54. The molecule has 1 aromatic rings. The normalized spacial score (nSPS) is 12.4. The van der Waals surface area contributed by atoms with Crippen molar-refractivity contribution in [3.8, 4) is 0 Å². The van der Waals surface area contributed by atoms with Crippen molar-refractivity contribution in [3.05, 3.63) is 23.8 Å². The third-order valence-corrected chi connectivity index (χ3v) is 2.44. The van der Waals surface area contributed by atoms with Crippen molar-refractivity contribution in [2.24, 2.45) is 0 Å². The SMILES string of the molecule is CCc1cc(NC(C)(C)C)cc(NC(C)(C)C)c1. The molecule has 0 atom stereocenters. The second kappa shape index (κ2) is 5.21. The molecule has 0 fully saturated rings. The van der Waals surface area contributed by atoms with E-state index in [-0.39, 0.29) is 11.1 Å².